The summed E-state index contributed by atoms with van der Waals surface area (Å²) in [6.07, 6.45) is 1.47. The van der Waals surface area contributed by atoms with Crippen LogP contribution in [0, 0.1) is 10.1 Å². The second kappa shape index (κ2) is 9.37. The Kier molecular flexibility index (Phi) is 6.65. The number of aliphatic hydroxyl groups excluding tert-OH is 1. The molecule has 2 aromatic rings. The molecule has 0 saturated heterocycles. The van der Waals surface area contributed by atoms with Gasteiger partial charge in [0.2, 0.25) is 0 Å². The molecule has 0 fully saturated rings. The lowest BCUT2D eigenvalue weighted by Crippen LogP contribution is -2.31. The number of benzene rings is 1. The topological polar surface area (TPSA) is 135 Å². The molecule has 156 valence electrons. The first kappa shape index (κ1) is 21.3. The molecular formula is C19H18N4O6S. The number of carbonyl (C=O) groups excluding carboxylic acids is 2. The highest BCUT2D eigenvalue weighted by atomic mass is 32.2. The Morgan fingerprint density at radius 2 is 2.20 bits per heavy atom. The summed E-state index contributed by atoms with van der Waals surface area (Å²) in [6.45, 7) is -0.116. The molecule has 3 rings (SSSR count). The first-order chi connectivity index (χ1) is 14.4. The van der Waals surface area contributed by atoms with E-state index in [0.717, 1.165) is 11.8 Å². The maximum atomic E-state index is 12.6. The molecule has 0 atom stereocenters. The molecule has 1 aliphatic rings. The molecule has 2 heterocycles. The number of rotatable bonds is 8. The van der Waals surface area contributed by atoms with Gasteiger partial charge in [-0.15, -0.1) is 0 Å². The zero-order valence-corrected chi connectivity index (χ0v) is 16.7. The van der Waals surface area contributed by atoms with Gasteiger partial charge in [0.1, 0.15) is 5.70 Å². The fraction of sp³-hybridized carbons (Fsp3) is 0.211. The minimum absolute atomic E-state index is 0.0307. The van der Waals surface area contributed by atoms with Crippen molar-refractivity contribution in [3.05, 3.63) is 64.0 Å². The maximum absolute atomic E-state index is 12.6. The molecule has 10 nitrogen and oxygen atoms in total. The highest BCUT2D eigenvalue weighted by molar-refractivity contribution is 7.99. The molecule has 0 radical (unpaired) electrons. The van der Waals surface area contributed by atoms with E-state index in [1.807, 2.05) is 0 Å². The predicted octanol–water partition coefficient (Wildman–Crippen LogP) is 1.81. The Labute approximate surface area is 175 Å². The van der Waals surface area contributed by atoms with Crippen LogP contribution < -0.4 is 5.32 Å². The van der Waals surface area contributed by atoms with E-state index >= 15 is 0 Å². The lowest BCUT2D eigenvalue weighted by Gasteiger charge is -2.15. The average Bonchev–Trinajstić information content (AvgIpc) is 3.04. The number of methoxy groups -OCH3 is 1. The molecule has 0 unspecified atom stereocenters. The molecule has 1 aliphatic heterocycles. The van der Waals surface area contributed by atoms with Gasteiger partial charge in [-0.3, -0.25) is 14.9 Å². The van der Waals surface area contributed by atoms with E-state index in [2.05, 4.69) is 10.3 Å². The van der Waals surface area contributed by atoms with Crippen molar-refractivity contribution in [2.75, 3.05) is 32.1 Å². The van der Waals surface area contributed by atoms with Gasteiger partial charge in [-0.25, -0.2) is 9.78 Å². The molecule has 1 amide bonds. The van der Waals surface area contributed by atoms with Crippen LogP contribution >= 0.6 is 11.8 Å². The quantitative estimate of drug-likeness (QED) is 0.365. The number of nitro groups is 1. The Bertz CT molecular complexity index is 1030. The highest BCUT2D eigenvalue weighted by Crippen LogP contribution is 2.34. The summed E-state index contributed by atoms with van der Waals surface area (Å²) in [4.78, 5) is 41.4. The Morgan fingerprint density at radius 3 is 2.90 bits per heavy atom. The van der Waals surface area contributed by atoms with Gasteiger partial charge in [0.15, 0.2) is 5.03 Å². The molecule has 0 bridgehead atoms. The second-order valence-electron chi connectivity index (χ2n) is 6.14. The van der Waals surface area contributed by atoms with Crippen molar-refractivity contribution < 1.29 is 24.4 Å². The average molecular weight is 430 g/mol. The van der Waals surface area contributed by atoms with Crippen LogP contribution in [-0.4, -0.2) is 58.6 Å². The van der Waals surface area contributed by atoms with Crippen LogP contribution in [0.4, 0.5) is 11.4 Å². The van der Waals surface area contributed by atoms with Gasteiger partial charge in [0, 0.05) is 29.4 Å². The van der Waals surface area contributed by atoms with Gasteiger partial charge < -0.3 is 20.1 Å². The SMILES string of the molecule is COC(=O)C1=C(Nc2cccc(Sc3ncccc3[N+](=O)[O-])c2)C(=O)N(CCO)C1. The van der Waals surface area contributed by atoms with E-state index in [1.165, 1.54) is 30.3 Å². The molecule has 2 N–H and O–H groups in total. The van der Waals surface area contributed by atoms with Crippen molar-refractivity contribution >= 4 is 35.0 Å². The van der Waals surface area contributed by atoms with Gasteiger partial charge >= 0.3 is 11.7 Å². The third-order valence-electron chi connectivity index (χ3n) is 4.22. The van der Waals surface area contributed by atoms with Crippen LogP contribution in [0.25, 0.3) is 0 Å². The first-order valence-electron chi connectivity index (χ1n) is 8.80. The standard InChI is InChI=1S/C19H18N4O6S/c1-29-19(26)14-11-22(8-9-24)18(25)16(14)21-12-4-2-5-13(10-12)30-17-15(23(27)28)6-3-7-20-17/h2-7,10,21,24H,8-9,11H2,1H3. The predicted molar refractivity (Wildman–Crippen MR) is 108 cm³/mol. The fourth-order valence-electron chi connectivity index (χ4n) is 2.84. The monoisotopic (exact) mass is 430 g/mol. The number of β-amino-alcohol motifs (C(OH)–C–C–N with tert-alkyl or cyclic N) is 1. The zero-order valence-electron chi connectivity index (χ0n) is 15.9. The molecule has 30 heavy (non-hydrogen) atoms. The number of hydrogen-bond donors (Lipinski definition) is 2. The number of hydrogen-bond acceptors (Lipinski definition) is 9. The van der Waals surface area contributed by atoms with E-state index < -0.39 is 16.8 Å². The summed E-state index contributed by atoms with van der Waals surface area (Å²) in [5, 5.41) is 23.5. The van der Waals surface area contributed by atoms with Crippen LogP contribution in [0.1, 0.15) is 0 Å². The van der Waals surface area contributed by atoms with Crippen molar-refractivity contribution in [2.24, 2.45) is 0 Å². The first-order valence-corrected chi connectivity index (χ1v) is 9.62. The van der Waals surface area contributed by atoms with Crippen LogP contribution in [0.2, 0.25) is 0 Å². The summed E-state index contributed by atoms with van der Waals surface area (Å²) in [7, 11) is 1.23. The number of carbonyl (C=O) groups is 2. The van der Waals surface area contributed by atoms with Crippen LogP contribution in [0.5, 0.6) is 0 Å². The van der Waals surface area contributed by atoms with E-state index in [9.17, 15) is 19.7 Å². The molecule has 0 spiro atoms. The lowest BCUT2D eigenvalue weighted by atomic mass is 10.2. The number of nitrogens with one attached hydrogen (secondary N) is 1. The minimum Gasteiger partial charge on any atom is -0.466 e. The van der Waals surface area contributed by atoms with Crippen molar-refractivity contribution in [3.63, 3.8) is 0 Å². The van der Waals surface area contributed by atoms with Gasteiger partial charge in [-0.1, -0.05) is 17.8 Å². The zero-order chi connectivity index (χ0) is 21.7. The van der Waals surface area contributed by atoms with Gasteiger partial charge in [-0.2, -0.15) is 0 Å². The fourth-order valence-corrected chi connectivity index (χ4v) is 3.76. The van der Waals surface area contributed by atoms with Crippen molar-refractivity contribution in [3.8, 4) is 0 Å². The normalized spacial score (nSPS) is 13.5. The second-order valence-corrected chi connectivity index (χ2v) is 7.20. The van der Waals surface area contributed by atoms with Crippen molar-refractivity contribution in [2.45, 2.75) is 9.92 Å². The summed E-state index contributed by atoms with van der Waals surface area (Å²) in [6, 6.07) is 9.71. The molecule has 1 aromatic carbocycles. The Hall–Kier alpha value is -3.44. The van der Waals surface area contributed by atoms with E-state index in [1.54, 1.807) is 24.3 Å². The number of aliphatic hydroxyl groups is 1. The largest absolute Gasteiger partial charge is 0.466 e. The lowest BCUT2D eigenvalue weighted by molar-refractivity contribution is -0.388. The summed E-state index contributed by atoms with van der Waals surface area (Å²) >= 11 is 1.11. The van der Waals surface area contributed by atoms with Crippen molar-refractivity contribution in [1.82, 2.24) is 9.88 Å². The van der Waals surface area contributed by atoms with Gasteiger partial charge in [0.25, 0.3) is 5.91 Å². The van der Waals surface area contributed by atoms with Crippen LogP contribution in [0.3, 0.4) is 0 Å². The number of pyridine rings is 1. The molecule has 0 saturated carbocycles. The summed E-state index contributed by atoms with van der Waals surface area (Å²) < 4.78 is 4.76. The molecule has 0 aliphatic carbocycles. The Balaban J connectivity index is 1.86. The molecule has 11 heteroatoms. The van der Waals surface area contributed by atoms with Crippen LogP contribution in [0.15, 0.2) is 63.8 Å². The number of anilines is 1. The number of aromatic nitrogens is 1. The number of nitrogens with zero attached hydrogens (tertiary/aromatic N) is 3. The van der Waals surface area contributed by atoms with E-state index in [0.29, 0.717) is 10.6 Å². The summed E-state index contributed by atoms with van der Waals surface area (Å²) in [5.41, 5.74) is 0.631. The maximum Gasteiger partial charge on any atom is 0.337 e. The molecule has 1 aromatic heterocycles. The Morgan fingerprint density at radius 1 is 1.40 bits per heavy atom. The number of esters is 1. The summed E-state index contributed by atoms with van der Waals surface area (Å²) in [5.74, 6) is -1.07. The molecular weight excluding hydrogens is 412 g/mol. The van der Waals surface area contributed by atoms with Gasteiger partial charge in [-0.05, 0) is 24.3 Å². The number of amides is 1. The highest BCUT2D eigenvalue weighted by Gasteiger charge is 2.34. The van der Waals surface area contributed by atoms with Crippen LogP contribution in [-0.2, 0) is 14.3 Å². The third-order valence-corrected chi connectivity index (χ3v) is 5.22. The number of ether oxygens (including phenoxy) is 1. The third kappa shape index (κ3) is 4.58. The smallest absolute Gasteiger partial charge is 0.337 e. The minimum atomic E-state index is -0.638. The van der Waals surface area contributed by atoms with Gasteiger partial charge in [0.05, 0.1) is 30.8 Å². The van der Waals surface area contributed by atoms with Crippen molar-refractivity contribution in [1.29, 1.82) is 0 Å². The van der Waals surface area contributed by atoms with E-state index in [4.69, 9.17) is 9.84 Å². The van der Waals surface area contributed by atoms with E-state index in [-0.39, 0.29) is 41.7 Å².